The predicted octanol–water partition coefficient (Wildman–Crippen LogP) is 2.73. The molecule has 0 unspecified atom stereocenters. The van der Waals surface area contributed by atoms with Crippen molar-refractivity contribution in [2.45, 2.75) is 19.9 Å². The third kappa shape index (κ3) is 4.06. The molecule has 130 valence electrons. The molecular weight excluding hydrogens is 340 g/mol. The van der Waals surface area contributed by atoms with Gasteiger partial charge < -0.3 is 10.6 Å². The zero-order chi connectivity index (χ0) is 17.6. The van der Waals surface area contributed by atoms with E-state index in [1.54, 1.807) is 35.1 Å². The van der Waals surface area contributed by atoms with Crippen molar-refractivity contribution in [3.8, 4) is 0 Å². The smallest absolute Gasteiger partial charge is 0.251 e. The molecule has 1 amide bonds. The van der Waals surface area contributed by atoms with Crippen LogP contribution in [0.4, 0.5) is 5.82 Å². The van der Waals surface area contributed by atoms with Gasteiger partial charge in [0.25, 0.3) is 5.91 Å². The zero-order valence-corrected chi connectivity index (χ0v) is 14.6. The van der Waals surface area contributed by atoms with E-state index in [-0.39, 0.29) is 5.91 Å². The monoisotopic (exact) mass is 358 g/mol. The van der Waals surface area contributed by atoms with Gasteiger partial charge in [0, 0.05) is 23.7 Å². The fraction of sp³-hybridized carbons (Fsp3) is 0.294. The van der Waals surface area contributed by atoms with Crippen LogP contribution in [-0.2, 0) is 6.54 Å². The second kappa shape index (κ2) is 7.94. The molecule has 0 atom stereocenters. The summed E-state index contributed by atoms with van der Waals surface area (Å²) < 4.78 is 1.76. The van der Waals surface area contributed by atoms with Gasteiger partial charge in [0.2, 0.25) is 0 Å². The van der Waals surface area contributed by atoms with Crippen LogP contribution in [0.1, 0.15) is 23.7 Å². The van der Waals surface area contributed by atoms with Crippen molar-refractivity contribution in [2.75, 3.05) is 18.4 Å². The highest BCUT2D eigenvalue weighted by Gasteiger charge is 2.10. The lowest BCUT2D eigenvalue weighted by molar-refractivity contribution is 0.0952. The molecule has 0 fully saturated rings. The molecule has 3 rings (SSSR count). The van der Waals surface area contributed by atoms with Crippen molar-refractivity contribution in [2.24, 2.45) is 0 Å². The number of carbonyl (C=O) groups excluding carboxylic acids is 1. The molecule has 0 spiro atoms. The van der Waals surface area contributed by atoms with Crippen molar-refractivity contribution < 1.29 is 4.79 Å². The summed E-state index contributed by atoms with van der Waals surface area (Å²) in [7, 11) is 0. The molecule has 0 bridgehead atoms. The molecule has 0 aliphatic carbocycles. The Balaban J connectivity index is 1.63. The highest BCUT2D eigenvalue weighted by molar-refractivity contribution is 6.30. The number of amides is 1. The molecule has 7 nitrogen and oxygen atoms in total. The van der Waals surface area contributed by atoms with Crippen LogP contribution in [0.3, 0.4) is 0 Å². The van der Waals surface area contributed by atoms with E-state index in [2.05, 4.69) is 32.6 Å². The lowest BCUT2D eigenvalue weighted by Crippen LogP contribution is -2.27. The van der Waals surface area contributed by atoms with Crippen molar-refractivity contribution >= 4 is 34.4 Å². The maximum Gasteiger partial charge on any atom is 0.251 e. The lowest BCUT2D eigenvalue weighted by Gasteiger charge is -2.07. The van der Waals surface area contributed by atoms with Crippen LogP contribution in [0.2, 0.25) is 5.02 Å². The first-order chi connectivity index (χ1) is 12.2. The Morgan fingerprint density at radius 2 is 2.00 bits per heavy atom. The third-order valence-corrected chi connectivity index (χ3v) is 3.94. The van der Waals surface area contributed by atoms with Crippen LogP contribution in [-0.4, -0.2) is 38.7 Å². The fourth-order valence-electron chi connectivity index (χ4n) is 2.42. The third-order valence-electron chi connectivity index (χ3n) is 3.69. The van der Waals surface area contributed by atoms with Crippen LogP contribution in [0, 0.1) is 0 Å². The highest BCUT2D eigenvalue weighted by atomic mass is 35.5. The first-order valence-electron chi connectivity index (χ1n) is 8.13. The van der Waals surface area contributed by atoms with E-state index in [1.165, 1.54) is 6.33 Å². The lowest BCUT2D eigenvalue weighted by atomic mass is 10.2. The van der Waals surface area contributed by atoms with Crippen LogP contribution in [0.25, 0.3) is 11.0 Å². The number of nitrogens with one attached hydrogen (secondary N) is 2. The summed E-state index contributed by atoms with van der Waals surface area (Å²) in [5.41, 5.74) is 1.32. The molecule has 0 saturated heterocycles. The summed E-state index contributed by atoms with van der Waals surface area (Å²) in [6.07, 6.45) is 4.27. The van der Waals surface area contributed by atoms with E-state index in [1.807, 2.05) is 0 Å². The molecule has 8 heteroatoms. The number of rotatable bonds is 7. The van der Waals surface area contributed by atoms with E-state index < -0.39 is 0 Å². The number of fused-ring (bicyclic) bond motifs is 1. The number of nitrogens with zero attached hydrogens (tertiary/aromatic N) is 4. The molecule has 2 heterocycles. The van der Waals surface area contributed by atoms with Gasteiger partial charge in [-0.25, -0.2) is 14.6 Å². The molecule has 0 aliphatic heterocycles. The van der Waals surface area contributed by atoms with E-state index >= 15 is 0 Å². The summed E-state index contributed by atoms with van der Waals surface area (Å²) in [6, 6.07) is 6.78. The quantitative estimate of drug-likeness (QED) is 0.678. The predicted molar refractivity (Wildman–Crippen MR) is 97.9 cm³/mol. The van der Waals surface area contributed by atoms with Crippen molar-refractivity contribution in [3.05, 3.63) is 47.4 Å². The van der Waals surface area contributed by atoms with E-state index in [0.717, 1.165) is 29.8 Å². The summed E-state index contributed by atoms with van der Waals surface area (Å²) in [4.78, 5) is 20.7. The average molecular weight is 359 g/mol. The number of hydrogen-bond acceptors (Lipinski definition) is 5. The minimum atomic E-state index is -0.145. The molecule has 0 saturated carbocycles. The molecule has 0 aliphatic rings. The molecule has 3 aromatic rings. The number of aromatic nitrogens is 4. The number of carbonyl (C=O) groups is 1. The Labute approximate surface area is 150 Å². The SMILES string of the molecule is CCCNc1ncnc2c1cnn2CCNC(=O)c1ccc(Cl)cc1. The first-order valence-corrected chi connectivity index (χ1v) is 8.51. The molecule has 2 N–H and O–H groups in total. The van der Waals surface area contributed by atoms with Crippen LogP contribution in [0.15, 0.2) is 36.8 Å². The standard InChI is InChI=1S/C17H19ClN6O/c1-2-7-19-15-14-10-23-24(16(14)22-11-21-15)9-8-20-17(25)12-3-5-13(18)6-4-12/h3-6,10-11H,2,7-9H2,1H3,(H,20,25)(H,19,21,22). The van der Waals surface area contributed by atoms with Crippen molar-refractivity contribution in [3.63, 3.8) is 0 Å². The van der Waals surface area contributed by atoms with Gasteiger partial charge in [-0.15, -0.1) is 0 Å². The maximum absolute atomic E-state index is 12.1. The van der Waals surface area contributed by atoms with E-state index in [0.29, 0.717) is 23.7 Å². The number of benzene rings is 1. The maximum atomic E-state index is 12.1. The highest BCUT2D eigenvalue weighted by Crippen LogP contribution is 2.18. The molecule has 25 heavy (non-hydrogen) atoms. The second-order valence-electron chi connectivity index (χ2n) is 5.52. The van der Waals surface area contributed by atoms with Gasteiger partial charge in [-0.1, -0.05) is 18.5 Å². The Morgan fingerprint density at radius 1 is 1.20 bits per heavy atom. The zero-order valence-electron chi connectivity index (χ0n) is 13.9. The van der Waals surface area contributed by atoms with Crippen LogP contribution < -0.4 is 10.6 Å². The Hall–Kier alpha value is -2.67. The summed E-state index contributed by atoms with van der Waals surface area (Å²) in [5, 5.41) is 12.0. The van der Waals surface area contributed by atoms with Gasteiger partial charge in [-0.05, 0) is 30.7 Å². The van der Waals surface area contributed by atoms with E-state index in [9.17, 15) is 4.79 Å². The van der Waals surface area contributed by atoms with Gasteiger partial charge >= 0.3 is 0 Å². The number of hydrogen-bond donors (Lipinski definition) is 2. The van der Waals surface area contributed by atoms with Crippen LogP contribution >= 0.6 is 11.6 Å². The largest absolute Gasteiger partial charge is 0.369 e. The molecule has 0 radical (unpaired) electrons. The van der Waals surface area contributed by atoms with Crippen molar-refractivity contribution in [1.29, 1.82) is 0 Å². The summed E-state index contributed by atoms with van der Waals surface area (Å²) >= 11 is 5.83. The topological polar surface area (TPSA) is 84.7 Å². The fourth-order valence-corrected chi connectivity index (χ4v) is 2.55. The number of halogens is 1. The van der Waals surface area contributed by atoms with Gasteiger partial charge in [0.05, 0.1) is 18.1 Å². The summed E-state index contributed by atoms with van der Waals surface area (Å²) in [6.45, 7) is 3.90. The number of anilines is 1. The van der Waals surface area contributed by atoms with Gasteiger partial charge in [-0.3, -0.25) is 4.79 Å². The van der Waals surface area contributed by atoms with Gasteiger partial charge in [-0.2, -0.15) is 5.10 Å². The molecular formula is C17H19ClN6O. The van der Waals surface area contributed by atoms with Crippen molar-refractivity contribution in [1.82, 2.24) is 25.1 Å². The Morgan fingerprint density at radius 3 is 2.76 bits per heavy atom. The second-order valence-corrected chi connectivity index (χ2v) is 5.95. The van der Waals surface area contributed by atoms with Crippen LogP contribution in [0.5, 0.6) is 0 Å². The normalized spacial score (nSPS) is 10.8. The van der Waals surface area contributed by atoms with Gasteiger partial charge in [0.15, 0.2) is 5.65 Å². The molecule has 2 aromatic heterocycles. The Kier molecular flexibility index (Phi) is 5.45. The molecule has 1 aromatic carbocycles. The Bertz CT molecular complexity index is 861. The minimum Gasteiger partial charge on any atom is -0.369 e. The van der Waals surface area contributed by atoms with E-state index in [4.69, 9.17) is 11.6 Å². The van der Waals surface area contributed by atoms with Gasteiger partial charge in [0.1, 0.15) is 12.1 Å². The average Bonchev–Trinajstić information content (AvgIpc) is 3.04. The minimum absolute atomic E-state index is 0.145. The summed E-state index contributed by atoms with van der Waals surface area (Å²) in [5.74, 6) is 0.636. The first kappa shape index (κ1) is 17.2.